The van der Waals surface area contributed by atoms with Gasteiger partial charge < -0.3 is 4.74 Å². The number of esters is 1. The average Bonchev–Trinajstić information content (AvgIpc) is 3.10. The summed E-state index contributed by atoms with van der Waals surface area (Å²) < 4.78 is 8.15. The Morgan fingerprint density at radius 1 is 1.03 bits per heavy atom. The first-order chi connectivity index (χ1) is 15.5. The smallest absolute Gasteiger partial charge is 0.345 e. The molecule has 0 aliphatic carbocycles. The maximum atomic E-state index is 13.0. The van der Waals surface area contributed by atoms with Crippen LogP contribution >= 0.6 is 34.4 Å². The van der Waals surface area contributed by atoms with E-state index in [1.54, 1.807) is 41.9 Å². The summed E-state index contributed by atoms with van der Waals surface area (Å²) in [6, 6.07) is 22.8. The summed E-state index contributed by atoms with van der Waals surface area (Å²) in [6.45, 7) is 1.78. The molecule has 0 aliphatic heterocycles. The van der Waals surface area contributed by atoms with Crippen LogP contribution in [0.3, 0.4) is 0 Å². The van der Waals surface area contributed by atoms with Gasteiger partial charge in [0, 0.05) is 9.64 Å². The van der Waals surface area contributed by atoms with Crippen LogP contribution in [0.1, 0.15) is 16.1 Å². The van der Waals surface area contributed by atoms with Crippen LogP contribution in [0.15, 0.2) is 88.7 Å². The molecule has 32 heavy (non-hydrogen) atoms. The van der Waals surface area contributed by atoms with Gasteiger partial charge in [0.05, 0.1) is 31.7 Å². The number of ether oxygens (including phenoxy) is 1. The number of carbonyl (C=O) groups is 1. The number of benzene rings is 3. The number of carbonyl (C=O) groups excluding carboxylic acids is 1. The van der Waals surface area contributed by atoms with Crippen LogP contribution in [0, 0.1) is 20.6 Å². The van der Waals surface area contributed by atoms with Crippen molar-refractivity contribution in [3.05, 3.63) is 104 Å². The molecular formula is C23H16IN3O4S. The predicted octanol–water partition coefficient (Wildman–Crippen LogP) is 6.06. The lowest BCUT2D eigenvalue weighted by Gasteiger charge is -2.11. The number of hydrogen-bond donors (Lipinski definition) is 0. The highest BCUT2D eigenvalue weighted by Gasteiger charge is 2.25. The quantitative estimate of drug-likeness (QED) is 0.124. The van der Waals surface area contributed by atoms with Gasteiger partial charge in [0.1, 0.15) is 0 Å². The van der Waals surface area contributed by atoms with Crippen molar-refractivity contribution < 1.29 is 14.5 Å². The van der Waals surface area contributed by atoms with Crippen molar-refractivity contribution in [2.45, 2.75) is 16.7 Å². The number of para-hydroxylation sites is 2. The Labute approximate surface area is 201 Å². The molecule has 0 aliphatic rings. The van der Waals surface area contributed by atoms with E-state index in [2.05, 4.69) is 27.7 Å². The van der Waals surface area contributed by atoms with E-state index >= 15 is 0 Å². The molecule has 7 nitrogen and oxygen atoms in total. The Morgan fingerprint density at radius 3 is 2.41 bits per heavy atom. The molecule has 4 aromatic rings. The van der Waals surface area contributed by atoms with E-state index in [-0.39, 0.29) is 11.6 Å². The molecule has 1 heterocycles. The fourth-order valence-electron chi connectivity index (χ4n) is 3.02. The van der Waals surface area contributed by atoms with Crippen molar-refractivity contribution in [3.63, 3.8) is 0 Å². The molecule has 0 atom stereocenters. The van der Waals surface area contributed by atoms with E-state index in [1.165, 1.54) is 6.07 Å². The Hall–Kier alpha value is -3.18. The molecule has 0 radical (unpaired) electrons. The molecule has 1 aromatic heterocycles. The van der Waals surface area contributed by atoms with Gasteiger partial charge >= 0.3 is 5.97 Å². The standard InChI is InChI=1S/C23H16IN3O4S/c1-15-21(32-20-14-8-7-13-19(20)27(29)30)22(26(25-15)16-9-3-2-4-10-16)31-23(28)17-11-5-6-12-18(17)24/h2-14H,1H3. The van der Waals surface area contributed by atoms with Gasteiger partial charge in [-0.15, -0.1) is 0 Å². The lowest BCUT2D eigenvalue weighted by molar-refractivity contribution is -0.387. The maximum absolute atomic E-state index is 13.0. The molecule has 0 saturated heterocycles. The molecule has 0 saturated carbocycles. The number of aryl methyl sites for hydroxylation is 1. The molecule has 0 fully saturated rings. The lowest BCUT2D eigenvalue weighted by Crippen LogP contribution is -2.13. The first-order valence-electron chi connectivity index (χ1n) is 9.48. The van der Waals surface area contributed by atoms with Crippen molar-refractivity contribution in [3.8, 4) is 11.6 Å². The van der Waals surface area contributed by atoms with Crippen molar-refractivity contribution in [1.82, 2.24) is 9.78 Å². The highest BCUT2D eigenvalue weighted by atomic mass is 127. The van der Waals surface area contributed by atoms with Crippen molar-refractivity contribution in [2.24, 2.45) is 0 Å². The zero-order chi connectivity index (χ0) is 22.7. The molecule has 4 rings (SSSR count). The maximum Gasteiger partial charge on any atom is 0.345 e. The normalized spacial score (nSPS) is 10.7. The van der Waals surface area contributed by atoms with E-state index in [0.29, 0.717) is 26.7 Å². The Morgan fingerprint density at radius 2 is 1.69 bits per heavy atom. The number of hydrogen-bond acceptors (Lipinski definition) is 6. The minimum Gasteiger partial charge on any atom is -0.402 e. The van der Waals surface area contributed by atoms with Crippen LogP contribution in [-0.2, 0) is 0 Å². The number of rotatable bonds is 6. The van der Waals surface area contributed by atoms with Crippen LogP contribution in [0.2, 0.25) is 0 Å². The fourth-order valence-corrected chi connectivity index (χ4v) is 4.64. The fraction of sp³-hybridized carbons (Fsp3) is 0.0435. The van der Waals surface area contributed by atoms with Crippen LogP contribution in [0.4, 0.5) is 5.69 Å². The monoisotopic (exact) mass is 557 g/mol. The number of nitro benzene ring substituents is 1. The summed E-state index contributed by atoms with van der Waals surface area (Å²) in [5, 5.41) is 16.1. The van der Waals surface area contributed by atoms with Gasteiger partial charge in [0.15, 0.2) is 0 Å². The number of halogens is 1. The third kappa shape index (κ3) is 4.53. The first-order valence-corrected chi connectivity index (χ1v) is 11.4. The summed E-state index contributed by atoms with van der Waals surface area (Å²) in [4.78, 5) is 25.0. The molecular weight excluding hydrogens is 541 g/mol. The minimum atomic E-state index is -0.531. The van der Waals surface area contributed by atoms with Crippen LogP contribution in [-0.4, -0.2) is 20.7 Å². The van der Waals surface area contributed by atoms with Gasteiger partial charge in [-0.05, 0) is 59.8 Å². The summed E-state index contributed by atoms with van der Waals surface area (Å²) in [5.74, 6) is -0.321. The van der Waals surface area contributed by atoms with Crippen LogP contribution in [0.5, 0.6) is 5.88 Å². The zero-order valence-electron chi connectivity index (χ0n) is 16.8. The highest BCUT2D eigenvalue weighted by molar-refractivity contribution is 14.1. The molecule has 9 heteroatoms. The highest BCUT2D eigenvalue weighted by Crippen LogP contribution is 2.42. The Bertz CT molecular complexity index is 1310. The minimum absolute atomic E-state index is 0.0285. The molecule has 3 aromatic carbocycles. The molecule has 0 unspecified atom stereocenters. The van der Waals surface area contributed by atoms with Gasteiger partial charge in [-0.3, -0.25) is 10.1 Å². The van der Waals surface area contributed by atoms with Gasteiger partial charge in [0.2, 0.25) is 5.88 Å². The van der Waals surface area contributed by atoms with Crippen molar-refractivity contribution >= 4 is 46.0 Å². The first kappa shape index (κ1) is 22.0. The molecule has 0 spiro atoms. The lowest BCUT2D eigenvalue weighted by atomic mass is 10.2. The number of nitro groups is 1. The second-order valence-electron chi connectivity index (χ2n) is 6.66. The van der Waals surface area contributed by atoms with E-state index in [1.807, 2.05) is 42.5 Å². The average molecular weight is 557 g/mol. The zero-order valence-corrected chi connectivity index (χ0v) is 19.7. The largest absolute Gasteiger partial charge is 0.402 e. The van der Waals surface area contributed by atoms with Crippen LogP contribution in [0.25, 0.3) is 5.69 Å². The second-order valence-corrected chi connectivity index (χ2v) is 8.88. The van der Waals surface area contributed by atoms with Gasteiger partial charge in [-0.2, -0.15) is 9.78 Å². The van der Waals surface area contributed by atoms with Gasteiger partial charge in [0.25, 0.3) is 5.69 Å². The van der Waals surface area contributed by atoms with Gasteiger partial charge in [-0.1, -0.05) is 54.2 Å². The summed E-state index contributed by atoms with van der Waals surface area (Å²) in [5.41, 5.74) is 1.69. The molecule has 0 N–H and O–H groups in total. The third-order valence-corrected chi connectivity index (χ3v) is 6.70. The topological polar surface area (TPSA) is 87.3 Å². The summed E-state index contributed by atoms with van der Waals surface area (Å²) in [7, 11) is 0. The van der Waals surface area contributed by atoms with E-state index in [4.69, 9.17) is 4.74 Å². The van der Waals surface area contributed by atoms with Gasteiger partial charge in [-0.25, -0.2) is 4.79 Å². The number of aromatic nitrogens is 2. The van der Waals surface area contributed by atoms with E-state index in [9.17, 15) is 14.9 Å². The molecule has 0 bridgehead atoms. The van der Waals surface area contributed by atoms with E-state index in [0.717, 1.165) is 15.3 Å². The molecule has 0 amide bonds. The predicted molar refractivity (Wildman–Crippen MR) is 130 cm³/mol. The SMILES string of the molecule is Cc1nn(-c2ccccc2)c(OC(=O)c2ccccc2I)c1Sc1ccccc1[N+](=O)[O-]. The molecule has 160 valence electrons. The van der Waals surface area contributed by atoms with Crippen molar-refractivity contribution in [2.75, 3.05) is 0 Å². The Balaban J connectivity index is 1.82. The van der Waals surface area contributed by atoms with Crippen molar-refractivity contribution in [1.29, 1.82) is 0 Å². The number of nitrogens with zero attached hydrogens (tertiary/aromatic N) is 3. The summed E-state index contributed by atoms with van der Waals surface area (Å²) >= 11 is 3.23. The third-order valence-electron chi connectivity index (χ3n) is 4.52. The van der Waals surface area contributed by atoms with E-state index < -0.39 is 10.9 Å². The van der Waals surface area contributed by atoms with Crippen LogP contribution < -0.4 is 4.74 Å². The second kappa shape index (κ2) is 9.53. The summed E-state index contributed by atoms with van der Waals surface area (Å²) in [6.07, 6.45) is 0. The Kier molecular flexibility index (Phi) is 6.56.